The fourth-order valence-electron chi connectivity index (χ4n) is 1.90. The molecule has 0 atom stereocenters. The van der Waals surface area contributed by atoms with Gasteiger partial charge in [0, 0.05) is 26.2 Å². The van der Waals surface area contributed by atoms with E-state index in [4.69, 9.17) is 16.7 Å². The van der Waals surface area contributed by atoms with Crippen LogP contribution in [0.5, 0.6) is 0 Å². The summed E-state index contributed by atoms with van der Waals surface area (Å²) in [6.45, 7) is 7.93. The zero-order chi connectivity index (χ0) is 13.4. The maximum absolute atomic E-state index is 8.90. The molecular formula is C14H23ClN2O. The van der Waals surface area contributed by atoms with Gasteiger partial charge in [0.1, 0.15) is 0 Å². The molecule has 0 saturated carbocycles. The summed E-state index contributed by atoms with van der Waals surface area (Å²) >= 11 is 6.33. The Balaban J connectivity index is 2.75. The summed E-state index contributed by atoms with van der Waals surface area (Å²) in [6.07, 6.45) is 0.767. The molecule has 0 heterocycles. The number of aliphatic hydroxyl groups excluding tert-OH is 1. The van der Waals surface area contributed by atoms with Crippen LogP contribution in [0.25, 0.3) is 0 Å². The number of aliphatic hydroxyl groups is 1. The zero-order valence-electron chi connectivity index (χ0n) is 11.2. The van der Waals surface area contributed by atoms with E-state index in [1.165, 1.54) is 5.56 Å². The zero-order valence-corrected chi connectivity index (χ0v) is 12.0. The highest BCUT2D eigenvalue weighted by molar-refractivity contribution is 6.33. The van der Waals surface area contributed by atoms with Crippen molar-refractivity contribution in [3.05, 3.63) is 28.8 Å². The van der Waals surface area contributed by atoms with Crippen molar-refractivity contribution in [2.45, 2.75) is 26.8 Å². The van der Waals surface area contributed by atoms with Crippen LogP contribution < -0.4 is 10.2 Å². The van der Waals surface area contributed by atoms with Gasteiger partial charge in [-0.1, -0.05) is 24.6 Å². The predicted molar refractivity (Wildman–Crippen MR) is 78.4 cm³/mol. The van der Waals surface area contributed by atoms with Crippen molar-refractivity contribution in [1.29, 1.82) is 0 Å². The number of nitrogens with zero attached hydrogens (tertiary/aromatic N) is 1. The maximum atomic E-state index is 8.90. The largest absolute Gasteiger partial charge is 0.396 e. The van der Waals surface area contributed by atoms with Gasteiger partial charge in [0.2, 0.25) is 0 Å². The number of halogens is 1. The van der Waals surface area contributed by atoms with E-state index < -0.39 is 0 Å². The molecule has 3 nitrogen and oxygen atoms in total. The minimum absolute atomic E-state index is 0.215. The first-order chi connectivity index (χ1) is 8.72. The number of rotatable bonds is 8. The Morgan fingerprint density at radius 2 is 2.11 bits per heavy atom. The first kappa shape index (κ1) is 15.3. The highest BCUT2D eigenvalue weighted by Crippen LogP contribution is 2.27. The second-order valence-corrected chi connectivity index (χ2v) is 4.63. The molecule has 0 spiro atoms. The molecule has 1 aromatic rings. The molecule has 0 aromatic heterocycles. The standard InChI is InChI=1S/C14H23ClN2O/c1-3-16-11-12-6-7-14(13(15)10-12)17(4-2)8-5-9-18/h6-7,10,16,18H,3-5,8-9,11H2,1-2H3. The van der Waals surface area contributed by atoms with Crippen LogP contribution in [0.15, 0.2) is 18.2 Å². The van der Waals surface area contributed by atoms with E-state index in [-0.39, 0.29) is 6.61 Å². The minimum Gasteiger partial charge on any atom is -0.396 e. The van der Waals surface area contributed by atoms with E-state index in [2.05, 4.69) is 36.2 Å². The number of nitrogens with one attached hydrogen (secondary N) is 1. The van der Waals surface area contributed by atoms with Crippen molar-refractivity contribution >= 4 is 17.3 Å². The van der Waals surface area contributed by atoms with Crippen LogP contribution in [0.3, 0.4) is 0 Å². The van der Waals surface area contributed by atoms with Gasteiger partial charge in [-0.2, -0.15) is 0 Å². The van der Waals surface area contributed by atoms with Crippen LogP contribution in [-0.2, 0) is 6.54 Å². The van der Waals surface area contributed by atoms with Gasteiger partial charge in [-0.25, -0.2) is 0 Å². The van der Waals surface area contributed by atoms with Crippen molar-refractivity contribution in [2.75, 3.05) is 31.1 Å². The third-order valence-corrected chi connectivity index (χ3v) is 3.20. The van der Waals surface area contributed by atoms with Crippen LogP contribution in [0.1, 0.15) is 25.8 Å². The van der Waals surface area contributed by atoms with Crippen LogP contribution in [-0.4, -0.2) is 31.3 Å². The third-order valence-electron chi connectivity index (χ3n) is 2.90. The van der Waals surface area contributed by atoms with Gasteiger partial charge in [0.15, 0.2) is 0 Å². The second kappa shape index (κ2) is 8.35. The molecule has 0 aliphatic heterocycles. The molecule has 0 fully saturated rings. The van der Waals surface area contributed by atoms with Gasteiger partial charge in [0.25, 0.3) is 0 Å². The first-order valence-electron chi connectivity index (χ1n) is 6.57. The van der Waals surface area contributed by atoms with Gasteiger partial charge in [-0.05, 0) is 37.6 Å². The van der Waals surface area contributed by atoms with E-state index in [0.29, 0.717) is 0 Å². The summed E-state index contributed by atoms with van der Waals surface area (Å²) in [4.78, 5) is 2.19. The monoisotopic (exact) mass is 270 g/mol. The highest BCUT2D eigenvalue weighted by atomic mass is 35.5. The lowest BCUT2D eigenvalue weighted by Gasteiger charge is -2.24. The van der Waals surface area contributed by atoms with Gasteiger partial charge < -0.3 is 15.3 Å². The molecule has 18 heavy (non-hydrogen) atoms. The lowest BCUT2D eigenvalue weighted by atomic mass is 10.2. The predicted octanol–water partition coefficient (Wildman–Crippen LogP) is 2.66. The average molecular weight is 271 g/mol. The molecule has 0 aliphatic rings. The molecule has 1 rings (SSSR count). The van der Waals surface area contributed by atoms with Crippen molar-refractivity contribution in [1.82, 2.24) is 5.32 Å². The number of benzene rings is 1. The van der Waals surface area contributed by atoms with Crippen LogP contribution in [0, 0.1) is 0 Å². The Labute approximate surface area is 115 Å². The summed E-state index contributed by atoms with van der Waals surface area (Å²) in [6, 6.07) is 6.18. The van der Waals surface area contributed by atoms with E-state index in [1.54, 1.807) is 0 Å². The molecule has 2 N–H and O–H groups in total. The van der Waals surface area contributed by atoms with E-state index in [9.17, 15) is 0 Å². The molecule has 0 bridgehead atoms. The quantitative estimate of drug-likeness (QED) is 0.762. The number of anilines is 1. The Hall–Kier alpha value is -0.770. The van der Waals surface area contributed by atoms with E-state index in [0.717, 1.165) is 43.3 Å². The lowest BCUT2D eigenvalue weighted by molar-refractivity contribution is 0.289. The van der Waals surface area contributed by atoms with Crippen molar-refractivity contribution in [3.63, 3.8) is 0 Å². The fraction of sp³-hybridized carbons (Fsp3) is 0.571. The fourth-order valence-corrected chi connectivity index (χ4v) is 2.22. The first-order valence-corrected chi connectivity index (χ1v) is 6.95. The molecule has 4 heteroatoms. The lowest BCUT2D eigenvalue weighted by Crippen LogP contribution is -2.25. The Kier molecular flexibility index (Phi) is 7.09. The second-order valence-electron chi connectivity index (χ2n) is 4.22. The maximum Gasteiger partial charge on any atom is 0.0642 e. The summed E-state index contributed by atoms with van der Waals surface area (Å²) in [5.41, 5.74) is 2.25. The van der Waals surface area contributed by atoms with Gasteiger partial charge >= 0.3 is 0 Å². The molecule has 0 aliphatic carbocycles. The van der Waals surface area contributed by atoms with E-state index >= 15 is 0 Å². The summed E-state index contributed by atoms with van der Waals surface area (Å²) < 4.78 is 0. The molecule has 102 valence electrons. The summed E-state index contributed by atoms with van der Waals surface area (Å²) in [7, 11) is 0. The Bertz CT molecular complexity index is 358. The van der Waals surface area contributed by atoms with Crippen LogP contribution in [0.2, 0.25) is 5.02 Å². The smallest absolute Gasteiger partial charge is 0.0642 e. The third kappa shape index (κ3) is 4.48. The van der Waals surface area contributed by atoms with Crippen molar-refractivity contribution in [3.8, 4) is 0 Å². The molecule has 0 unspecified atom stereocenters. The van der Waals surface area contributed by atoms with Crippen LogP contribution >= 0.6 is 11.6 Å². The summed E-state index contributed by atoms with van der Waals surface area (Å²) in [5, 5.41) is 13.0. The van der Waals surface area contributed by atoms with Crippen LogP contribution in [0.4, 0.5) is 5.69 Å². The Morgan fingerprint density at radius 1 is 1.33 bits per heavy atom. The number of hydrogen-bond donors (Lipinski definition) is 2. The summed E-state index contributed by atoms with van der Waals surface area (Å²) in [5.74, 6) is 0. The minimum atomic E-state index is 0.215. The van der Waals surface area contributed by atoms with Gasteiger partial charge in [-0.3, -0.25) is 0 Å². The normalized spacial score (nSPS) is 10.7. The average Bonchev–Trinajstić information content (AvgIpc) is 2.39. The SMILES string of the molecule is CCNCc1ccc(N(CC)CCCO)c(Cl)c1. The van der Waals surface area contributed by atoms with Crippen molar-refractivity contribution in [2.24, 2.45) is 0 Å². The molecule has 0 radical (unpaired) electrons. The molecular weight excluding hydrogens is 248 g/mol. The topological polar surface area (TPSA) is 35.5 Å². The van der Waals surface area contributed by atoms with Crippen molar-refractivity contribution < 1.29 is 5.11 Å². The van der Waals surface area contributed by atoms with E-state index in [1.807, 2.05) is 6.07 Å². The van der Waals surface area contributed by atoms with Gasteiger partial charge in [-0.15, -0.1) is 0 Å². The van der Waals surface area contributed by atoms with Gasteiger partial charge in [0.05, 0.1) is 10.7 Å². The molecule has 0 amide bonds. The molecule has 1 aromatic carbocycles. The Morgan fingerprint density at radius 3 is 2.67 bits per heavy atom. The highest BCUT2D eigenvalue weighted by Gasteiger charge is 2.08. The molecule has 0 saturated heterocycles. The number of hydrogen-bond acceptors (Lipinski definition) is 3.